The molecule has 180 valence electrons. The van der Waals surface area contributed by atoms with Crippen LogP contribution in [0.25, 0.3) is 22.6 Å². The van der Waals surface area contributed by atoms with Gasteiger partial charge in [-0.1, -0.05) is 29.8 Å². The number of nitrogens with one attached hydrogen (secondary N) is 1. The summed E-state index contributed by atoms with van der Waals surface area (Å²) in [7, 11) is 0. The molecule has 1 unspecified atom stereocenters. The Morgan fingerprint density at radius 1 is 1.06 bits per heavy atom. The number of hydrogen-bond donors (Lipinski definition) is 1. The Labute approximate surface area is 196 Å². The van der Waals surface area contributed by atoms with Crippen molar-refractivity contribution in [3.63, 3.8) is 0 Å². The maximum Gasteiger partial charge on any atom is 0.456 e. The first-order chi connectivity index (χ1) is 16.4. The summed E-state index contributed by atoms with van der Waals surface area (Å²) < 4.78 is 83.0. The Bertz CT molecular complexity index is 1490. The van der Waals surface area contributed by atoms with Crippen LogP contribution in [0.3, 0.4) is 0 Å². The van der Waals surface area contributed by atoms with Gasteiger partial charge in [0, 0.05) is 18.0 Å². The number of hydrogen-bond acceptors (Lipinski definition) is 5. The first-order valence-electron chi connectivity index (χ1n) is 9.83. The first kappa shape index (κ1) is 23.0. The predicted molar refractivity (Wildman–Crippen MR) is 111 cm³/mol. The summed E-state index contributed by atoms with van der Waals surface area (Å²) in [6, 6.07) is 9.16. The van der Waals surface area contributed by atoms with Crippen LogP contribution in [0.1, 0.15) is 11.1 Å². The first-order valence-corrected chi connectivity index (χ1v) is 10.2. The SMILES string of the molecule is O=C1Nc2nc(-c3nn(Cc4ccccc4F)c4ncccc34)ncc2C1(Cl)C(F)(F)C(F)(F)F. The summed E-state index contributed by atoms with van der Waals surface area (Å²) in [6.45, 7) is -0.0234. The lowest BCUT2D eigenvalue weighted by atomic mass is 9.94. The second-order valence-corrected chi connectivity index (χ2v) is 8.18. The summed E-state index contributed by atoms with van der Waals surface area (Å²) in [5.41, 5.74) is -0.230. The maximum atomic E-state index is 14.2. The van der Waals surface area contributed by atoms with Crippen LogP contribution in [0.2, 0.25) is 0 Å². The second-order valence-electron chi connectivity index (χ2n) is 7.61. The molecule has 0 bridgehead atoms. The number of alkyl halides is 6. The number of rotatable bonds is 4. The fourth-order valence-corrected chi connectivity index (χ4v) is 4.03. The number of fused-ring (bicyclic) bond motifs is 2. The van der Waals surface area contributed by atoms with Crippen molar-refractivity contribution < 1.29 is 31.1 Å². The number of nitrogens with zero attached hydrogens (tertiary/aromatic N) is 5. The van der Waals surface area contributed by atoms with Crippen LogP contribution in [0.4, 0.5) is 32.2 Å². The zero-order chi connectivity index (χ0) is 25.2. The van der Waals surface area contributed by atoms with Crippen molar-refractivity contribution in [1.29, 1.82) is 0 Å². The number of carbonyl (C=O) groups is 1. The van der Waals surface area contributed by atoms with E-state index in [0.717, 1.165) is 0 Å². The minimum absolute atomic E-state index is 0.0234. The van der Waals surface area contributed by atoms with Crippen LogP contribution >= 0.6 is 11.6 Å². The van der Waals surface area contributed by atoms with Gasteiger partial charge in [-0.15, -0.1) is 0 Å². The molecule has 4 aromatic rings. The molecule has 1 amide bonds. The van der Waals surface area contributed by atoms with Gasteiger partial charge < -0.3 is 5.32 Å². The molecule has 0 saturated carbocycles. The molecule has 0 saturated heterocycles. The topological polar surface area (TPSA) is 85.6 Å². The fourth-order valence-electron chi connectivity index (χ4n) is 3.74. The van der Waals surface area contributed by atoms with Gasteiger partial charge in [-0.25, -0.2) is 24.0 Å². The zero-order valence-electron chi connectivity index (χ0n) is 17.1. The summed E-state index contributed by atoms with van der Waals surface area (Å²) in [6.07, 6.45) is -4.02. The normalized spacial score (nSPS) is 18.1. The van der Waals surface area contributed by atoms with E-state index < -0.39 is 40.1 Å². The molecule has 0 fully saturated rings. The van der Waals surface area contributed by atoms with Gasteiger partial charge in [-0.05, 0) is 18.2 Å². The molecule has 14 heteroatoms. The highest BCUT2D eigenvalue weighted by molar-refractivity contribution is 6.39. The van der Waals surface area contributed by atoms with Crippen molar-refractivity contribution in [1.82, 2.24) is 24.7 Å². The Morgan fingerprint density at radius 3 is 2.51 bits per heavy atom. The van der Waals surface area contributed by atoms with Crippen LogP contribution in [0.15, 0.2) is 48.8 Å². The number of carbonyl (C=O) groups excluding carboxylic acids is 1. The van der Waals surface area contributed by atoms with Crippen LogP contribution in [-0.4, -0.2) is 42.7 Å². The van der Waals surface area contributed by atoms with Gasteiger partial charge in [0.15, 0.2) is 11.5 Å². The predicted octanol–water partition coefficient (Wildman–Crippen LogP) is 4.66. The van der Waals surface area contributed by atoms with Gasteiger partial charge in [0.05, 0.1) is 17.5 Å². The maximum absolute atomic E-state index is 14.2. The van der Waals surface area contributed by atoms with Crippen molar-refractivity contribution in [2.24, 2.45) is 0 Å². The quantitative estimate of drug-likeness (QED) is 0.317. The van der Waals surface area contributed by atoms with Crippen LogP contribution in [0, 0.1) is 5.82 Å². The van der Waals surface area contributed by atoms with Crippen LogP contribution < -0.4 is 5.32 Å². The summed E-state index contributed by atoms with van der Waals surface area (Å²) >= 11 is 5.60. The van der Waals surface area contributed by atoms with E-state index in [1.54, 1.807) is 24.3 Å². The molecule has 1 aliphatic rings. The largest absolute Gasteiger partial charge is 0.456 e. The molecule has 5 rings (SSSR count). The number of halogens is 7. The van der Waals surface area contributed by atoms with Crippen molar-refractivity contribution in [2.45, 2.75) is 23.5 Å². The molecule has 0 aliphatic carbocycles. The zero-order valence-corrected chi connectivity index (χ0v) is 17.9. The molecule has 0 radical (unpaired) electrons. The standard InChI is InChI=1S/C21H11ClF6N6O/c22-19(20(24,25)21(26,27)28)12-8-30-16(31-15(12)32-18(19)35)14-11-5-3-7-29-17(11)34(33-14)9-10-4-1-2-6-13(10)23/h1-8H,9H2,(H,30,31,32,35). The molecule has 1 atom stereocenters. The number of benzene rings is 1. The molecular weight excluding hydrogens is 502 g/mol. The molecule has 0 spiro atoms. The Balaban J connectivity index is 1.61. The third-order valence-electron chi connectivity index (χ3n) is 5.49. The monoisotopic (exact) mass is 512 g/mol. The average molecular weight is 513 g/mol. The van der Waals surface area contributed by atoms with E-state index in [2.05, 4.69) is 20.1 Å². The molecular formula is C21H11ClF6N6O. The van der Waals surface area contributed by atoms with E-state index in [9.17, 15) is 31.1 Å². The number of pyridine rings is 1. The number of anilines is 1. The lowest BCUT2D eigenvalue weighted by molar-refractivity contribution is -0.293. The van der Waals surface area contributed by atoms with E-state index in [1.165, 1.54) is 23.0 Å². The van der Waals surface area contributed by atoms with Gasteiger partial charge in [0.1, 0.15) is 17.3 Å². The highest BCUT2D eigenvalue weighted by Crippen LogP contribution is 2.56. The smallest absolute Gasteiger partial charge is 0.308 e. The van der Waals surface area contributed by atoms with Gasteiger partial charge in [0.25, 0.3) is 5.91 Å². The van der Waals surface area contributed by atoms with Crippen LogP contribution in [-0.2, 0) is 16.2 Å². The van der Waals surface area contributed by atoms with E-state index >= 15 is 0 Å². The summed E-state index contributed by atoms with van der Waals surface area (Å²) in [4.78, 5) is 20.4. The highest BCUT2D eigenvalue weighted by atomic mass is 35.5. The van der Waals surface area contributed by atoms with Crippen molar-refractivity contribution in [2.75, 3.05) is 5.32 Å². The second kappa shape index (κ2) is 7.63. The molecule has 7 nitrogen and oxygen atoms in total. The van der Waals surface area contributed by atoms with Gasteiger partial charge >= 0.3 is 12.1 Å². The van der Waals surface area contributed by atoms with E-state index in [4.69, 9.17) is 11.6 Å². The third-order valence-corrected chi connectivity index (χ3v) is 6.10. The molecule has 1 N–H and O–H groups in total. The van der Waals surface area contributed by atoms with E-state index in [0.29, 0.717) is 22.8 Å². The van der Waals surface area contributed by atoms with E-state index in [-0.39, 0.29) is 18.1 Å². The molecule has 4 heterocycles. The van der Waals surface area contributed by atoms with Crippen molar-refractivity contribution in [3.8, 4) is 11.5 Å². The lowest BCUT2D eigenvalue weighted by Gasteiger charge is -2.30. The number of amides is 1. The summed E-state index contributed by atoms with van der Waals surface area (Å²) in [5, 5.41) is 6.62. The Kier molecular flexibility index (Phi) is 5.02. The van der Waals surface area contributed by atoms with Gasteiger partial charge in [-0.2, -0.15) is 27.1 Å². The minimum Gasteiger partial charge on any atom is -0.308 e. The Hall–Kier alpha value is -3.74. The van der Waals surface area contributed by atoms with E-state index in [1.807, 2.05) is 5.32 Å². The average Bonchev–Trinajstić information content (AvgIpc) is 3.30. The molecule has 3 aromatic heterocycles. The molecule has 35 heavy (non-hydrogen) atoms. The summed E-state index contributed by atoms with van der Waals surface area (Å²) in [5.74, 6) is -8.70. The third kappa shape index (κ3) is 3.32. The van der Waals surface area contributed by atoms with Crippen molar-refractivity contribution in [3.05, 3.63) is 65.7 Å². The number of aromatic nitrogens is 5. The van der Waals surface area contributed by atoms with Gasteiger partial charge in [-0.3, -0.25) is 4.79 Å². The Morgan fingerprint density at radius 2 is 1.80 bits per heavy atom. The fraction of sp³-hybridized carbons (Fsp3) is 0.190. The van der Waals surface area contributed by atoms with Crippen molar-refractivity contribution >= 4 is 34.4 Å². The minimum atomic E-state index is -6.11. The van der Waals surface area contributed by atoms with Gasteiger partial charge in [0.2, 0.25) is 4.87 Å². The molecule has 1 aliphatic heterocycles. The highest BCUT2D eigenvalue weighted by Gasteiger charge is 2.76. The molecule has 1 aromatic carbocycles. The van der Waals surface area contributed by atoms with Crippen LogP contribution in [0.5, 0.6) is 0 Å². The lowest BCUT2D eigenvalue weighted by Crippen LogP contribution is -2.55.